The Morgan fingerprint density at radius 1 is 0.952 bits per heavy atom. The van der Waals surface area contributed by atoms with Gasteiger partial charge in [-0.05, 0) is 41.8 Å². The Morgan fingerprint density at radius 2 is 1.62 bits per heavy atom. The molecule has 0 aliphatic carbocycles. The van der Waals surface area contributed by atoms with Crippen LogP contribution in [0.4, 0.5) is 0 Å². The zero-order valence-corrected chi connectivity index (χ0v) is 12.4. The van der Waals surface area contributed by atoms with Gasteiger partial charge in [0.1, 0.15) is 24.7 Å². The SMILES string of the molecule is CC(C)c1ccccc1OCCOc1ccc(C#N)cc1. The van der Waals surface area contributed by atoms with E-state index in [1.165, 1.54) is 5.56 Å². The second kappa shape index (κ2) is 7.35. The first-order chi connectivity index (χ1) is 10.2. The third-order valence-corrected chi connectivity index (χ3v) is 3.13. The van der Waals surface area contributed by atoms with Gasteiger partial charge in [0.15, 0.2) is 0 Å². The van der Waals surface area contributed by atoms with Crippen LogP contribution in [0.15, 0.2) is 48.5 Å². The Labute approximate surface area is 125 Å². The van der Waals surface area contributed by atoms with Crippen molar-refractivity contribution >= 4 is 0 Å². The maximum Gasteiger partial charge on any atom is 0.122 e. The van der Waals surface area contributed by atoms with E-state index in [0.717, 1.165) is 11.5 Å². The highest BCUT2D eigenvalue weighted by Gasteiger charge is 2.06. The normalized spacial score (nSPS) is 10.2. The van der Waals surface area contributed by atoms with Crippen molar-refractivity contribution < 1.29 is 9.47 Å². The fraction of sp³-hybridized carbons (Fsp3) is 0.278. The molecule has 3 nitrogen and oxygen atoms in total. The van der Waals surface area contributed by atoms with Crippen LogP contribution in [-0.2, 0) is 0 Å². The van der Waals surface area contributed by atoms with Gasteiger partial charge in [0, 0.05) is 0 Å². The molecule has 2 rings (SSSR count). The van der Waals surface area contributed by atoms with Gasteiger partial charge in [0.2, 0.25) is 0 Å². The largest absolute Gasteiger partial charge is 0.490 e. The van der Waals surface area contributed by atoms with Crippen LogP contribution in [0.1, 0.15) is 30.9 Å². The minimum Gasteiger partial charge on any atom is -0.490 e. The number of hydrogen-bond acceptors (Lipinski definition) is 3. The molecule has 3 heteroatoms. The Bertz CT molecular complexity index is 612. The maximum atomic E-state index is 8.73. The van der Waals surface area contributed by atoms with Crippen LogP contribution in [0.2, 0.25) is 0 Å². The summed E-state index contributed by atoms with van der Waals surface area (Å²) < 4.78 is 11.4. The third-order valence-electron chi connectivity index (χ3n) is 3.13. The summed E-state index contributed by atoms with van der Waals surface area (Å²) in [6, 6.07) is 17.2. The quantitative estimate of drug-likeness (QED) is 0.747. The van der Waals surface area contributed by atoms with Crippen molar-refractivity contribution in [3.8, 4) is 17.6 Å². The molecular formula is C18H19NO2. The molecule has 0 amide bonds. The fourth-order valence-electron chi connectivity index (χ4n) is 2.03. The zero-order chi connectivity index (χ0) is 15.1. The number of nitriles is 1. The molecule has 0 N–H and O–H groups in total. The van der Waals surface area contributed by atoms with Gasteiger partial charge in [0.05, 0.1) is 11.6 Å². The Balaban J connectivity index is 1.83. The summed E-state index contributed by atoms with van der Waals surface area (Å²) in [5, 5.41) is 8.73. The maximum absolute atomic E-state index is 8.73. The lowest BCUT2D eigenvalue weighted by Crippen LogP contribution is -2.10. The van der Waals surface area contributed by atoms with E-state index in [2.05, 4.69) is 26.0 Å². The predicted molar refractivity (Wildman–Crippen MR) is 82.7 cm³/mol. The van der Waals surface area contributed by atoms with E-state index < -0.39 is 0 Å². The van der Waals surface area contributed by atoms with E-state index in [1.807, 2.05) is 18.2 Å². The molecule has 2 aromatic carbocycles. The van der Waals surface area contributed by atoms with Gasteiger partial charge in [-0.25, -0.2) is 0 Å². The van der Waals surface area contributed by atoms with E-state index in [9.17, 15) is 0 Å². The number of nitrogens with zero attached hydrogens (tertiary/aromatic N) is 1. The van der Waals surface area contributed by atoms with Crippen LogP contribution >= 0.6 is 0 Å². The standard InChI is InChI=1S/C18H19NO2/c1-14(2)17-5-3-4-6-18(17)21-12-11-20-16-9-7-15(13-19)8-10-16/h3-10,14H,11-12H2,1-2H3. The lowest BCUT2D eigenvalue weighted by Gasteiger charge is -2.14. The summed E-state index contributed by atoms with van der Waals surface area (Å²) in [4.78, 5) is 0. The summed E-state index contributed by atoms with van der Waals surface area (Å²) in [7, 11) is 0. The molecule has 0 aliphatic heterocycles. The van der Waals surface area contributed by atoms with E-state index in [1.54, 1.807) is 24.3 Å². The zero-order valence-electron chi connectivity index (χ0n) is 12.4. The average molecular weight is 281 g/mol. The Morgan fingerprint density at radius 3 is 2.29 bits per heavy atom. The number of hydrogen-bond donors (Lipinski definition) is 0. The molecule has 108 valence electrons. The second-order valence-corrected chi connectivity index (χ2v) is 5.03. The highest BCUT2D eigenvalue weighted by atomic mass is 16.5. The smallest absolute Gasteiger partial charge is 0.122 e. The average Bonchev–Trinajstić information content (AvgIpc) is 2.52. The van der Waals surface area contributed by atoms with E-state index in [-0.39, 0.29) is 0 Å². The predicted octanol–water partition coefficient (Wildman–Crippen LogP) is 4.14. The molecule has 2 aromatic rings. The summed E-state index contributed by atoms with van der Waals surface area (Å²) in [6.07, 6.45) is 0. The summed E-state index contributed by atoms with van der Waals surface area (Å²) in [6.45, 7) is 5.26. The lowest BCUT2D eigenvalue weighted by molar-refractivity contribution is 0.215. The van der Waals surface area contributed by atoms with Crippen LogP contribution in [0, 0.1) is 11.3 Å². The third kappa shape index (κ3) is 4.25. The van der Waals surface area contributed by atoms with Crippen LogP contribution in [0.25, 0.3) is 0 Å². The number of rotatable bonds is 6. The topological polar surface area (TPSA) is 42.2 Å². The van der Waals surface area contributed by atoms with E-state index >= 15 is 0 Å². The molecule has 0 saturated heterocycles. The van der Waals surface area contributed by atoms with E-state index in [0.29, 0.717) is 24.7 Å². The Hall–Kier alpha value is -2.47. The molecule has 0 spiro atoms. The molecule has 0 fully saturated rings. The molecule has 0 atom stereocenters. The minimum absolute atomic E-state index is 0.431. The molecule has 0 aliphatic rings. The van der Waals surface area contributed by atoms with Crippen LogP contribution in [0.5, 0.6) is 11.5 Å². The van der Waals surface area contributed by atoms with Gasteiger partial charge in [-0.15, -0.1) is 0 Å². The fourth-order valence-corrected chi connectivity index (χ4v) is 2.03. The lowest BCUT2D eigenvalue weighted by atomic mass is 10.0. The van der Waals surface area contributed by atoms with Gasteiger partial charge >= 0.3 is 0 Å². The van der Waals surface area contributed by atoms with Crippen molar-refractivity contribution in [3.63, 3.8) is 0 Å². The van der Waals surface area contributed by atoms with Crippen molar-refractivity contribution in [1.82, 2.24) is 0 Å². The van der Waals surface area contributed by atoms with Gasteiger partial charge in [0.25, 0.3) is 0 Å². The first-order valence-electron chi connectivity index (χ1n) is 7.05. The molecule has 0 unspecified atom stereocenters. The van der Waals surface area contributed by atoms with Crippen molar-refractivity contribution in [1.29, 1.82) is 5.26 Å². The van der Waals surface area contributed by atoms with Crippen molar-refractivity contribution in [2.75, 3.05) is 13.2 Å². The Kier molecular flexibility index (Phi) is 5.22. The second-order valence-electron chi connectivity index (χ2n) is 5.03. The van der Waals surface area contributed by atoms with Gasteiger partial charge in [-0.3, -0.25) is 0 Å². The monoisotopic (exact) mass is 281 g/mol. The summed E-state index contributed by atoms with van der Waals surface area (Å²) in [5.41, 5.74) is 1.83. The van der Waals surface area contributed by atoms with Crippen LogP contribution < -0.4 is 9.47 Å². The molecular weight excluding hydrogens is 262 g/mol. The number of benzene rings is 2. The van der Waals surface area contributed by atoms with Crippen LogP contribution in [0.3, 0.4) is 0 Å². The van der Waals surface area contributed by atoms with Crippen molar-refractivity contribution in [3.05, 3.63) is 59.7 Å². The number of ether oxygens (including phenoxy) is 2. The minimum atomic E-state index is 0.431. The molecule has 0 aromatic heterocycles. The summed E-state index contributed by atoms with van der Waals surface area (Å²) >= 11 is 0. The highest BCUT2D eigenvalue weighted by Crippen LogP contribution is 2.25. The van der Waals surface area contributed by atoms with Crippen molar-refractivity contribution in [2.45, 2.75) is 19.8 Å². The number of para-hydroxylation sites is 1. The highest BCUT2D eigenvalue weighted by molar-refractivity contribution is 5.36. The molecule has 0 bridgehead atoms. The molecule has 0 radical (unpaired) electrons. The van der Waals surface area contributed by atoms with Crippen molar-refractivity contribution in [2.24, 2.45) is 0 Å². The summed E-state index contributed by atoms with van der Waals surface area (Å²) in [5.74, 6) is 2.09. The van der Waals surface area contributed by atoms with Crippen LogP contribution in [-0.4, -0.2) is 13.2 Å². The van der Waals surface area contributed by atoms with Gasteiger partial charge in [-0.1, -0.05) is 32.0 Å². The molecule has 0 heterocycles. The molecule has 0 saturated carbocycles. The van der Waals surface area contributed by atoms with Gasteiger partial charge in [-0.2, -0.15) is 5.26 Å². The van der Waals surface area contributed by atoms with E-state index in [4.69, 9.17) is 14.7 Å². The van der Waals surface area contributed by atoms with Gasteiger partial charge < -0.3 is 9.47 Å². The first kappa shape index (κ1) is 14.9. The first-order valence-corrected chi connectivity index (χ1v) is 7.05. The molecule has 21 heavy (non-hydrogen) atoms.